The first-order valence-electron chi connectivity index (χ1n) is 5.71. The van der Waals surface area contributed by atoms with Crippen molar-refractivity contribution in [1.82, 2.24) is 0 Å². The Morgan fingerprint density at radius 2 is 1.76 bits per heavy atom. The fourth-order valence-corrected chi connectivity index (χ4v) is 1.78. The van der Waals surface area contributed by atoms with Crippen LogP contribution < -0.4 is 5.32 Å². The van der Waals surface area contributed by atoms with E-state index in [1.54, 1.807) is 6.07 Å². The molecule has 0 saturated heterocycles. The van der Waals surface area contributed by atoms with E-state index in [1.807, 2.05) is 19.1 Å². The molecule has 0 aliphatic rings. The highest BCUT2D eigenvalue weighted by atomic mass is 19.1. The Labute approximate surface area is 101 Å². The van der Waals surface area contributed by atoms with E-state index < -0.39 is 0 Å². The molecule has 2 rings (SSSR count). The lowest BCUT2D eigenvalue weighted by atomic mass is 10.1. The number of nitrogens with one attached hydrogen (secondary N) is 1. The van der Waals surface area contributed by atoms with Gasteiger partial charge in [-0.05, 0) is 42.7 Å². The third-order valence-corrected chi connectivity index (χ3v) is 2.93. The minimum Gasteiger partial charge on any atom is -0.381 e. The van der Waals surface area contributed by atoms with Crippen molar-refractivity contribution in [3.05, 3.63) is 65.0 Å². The van der Waals surface area contributed by atoms with Gasteiger partial charge in [-0.3, -0.25) is 0 Å². The van der Waals surface area contributed by atoms with E-state index >= 15 is 0 Å². The molecule has 0 bridgehead atoms. The molecule has 88 valence electrons. The van der Waals surface area contributed by atoms with Gasteiger partial charge in [0.2, 0.25) is 0 Å². The highest BCUT2D eigenvalue weighted by Gasteiger charge is 2.01. The van der Waals surface area contributed by atoms with E-state index in [0.29, 0.717) is 0 Å². The van der Waals surface area contributed by atoms with E-state index in [1.165, 1.54) is 23.3 Å². The predicted octanol–water partition coefficient (Wildman–Crippen LogP) is 4.05. The fraction of sp³-hybridized carbons (Fsp3) is 0.200. The summed E-state index contributed by atoms with van der Waals surface area (Å²) in [6.45, 7) is 4.77. The molecule has 0 radical (unpaired) electrons. The molecule has 0 aliphatic carbocycles. The van der Waals surface area contributed by atoms with Gasteiger partial charge in [0, 0.05) is 12.2 Å². The van der Waals surface area contributed by atoms with E-state index in [-0.39, 0.29) is 5.82 Å². The quantitative estimate of drug-likeness (QED) is 0.837. The van der Waals surface area contributed by atoms with Gasteiger partial charge < -0.3 is 5.32 Å². The summed E-state index contributed by atoms with van der Waals surface area (Å²) in [5.41, 5.74) is 4.39. The normalized spacial score (nSPS) is 10.3. The maximum absolute atomic E-state index is 13.1. The second-order valence-electron chi connectivity index (χ2n) is 4.24. The summed E-state index contributed by atoms with van der Waals surface area (Å²) in [6.07, 6.45) is 0. The van der Waals surface area contributed by atoms with Gasteiger partial charge in [-0.25, -0.2) is 4.39 Å². The maximum Gasteiger partial charge on any atom is 0.125 e. The summed E-state index contributed by atoms with van der Waals surface area (Å²) in [6, 6.07) is 13.0. The van der Waals surface area contributed by atoms with Crippen LogP contribution in [-0.4, -0.2) is 0 Å². The minimum atomic E-state index is -0.206. The molecular formula is C15H16FN. The average Bonchev–Trinajstić information content (AvgIpc) is 2.32. The summed E-state index contributed by atoms with van der Waals surface area (Å²) in [5.74, 6) is -0.206. The van der Waals surface area contributed by atoms with Gasteiger partial charge >= 0.3 is 0 Å². The highest BCUT2D eigenvalue weighted by molar-refractivity contribution is 5.51. The number of anilines is 1. The maximum atomic E-state index is 13.1. The highest BCUT2D eigenvalue weighted by Crippen LogP contribution is 2.17. The van der Waals surface area contributed by atoms with Gasteiger partial charge in [-0.15, -0.1) is 0 Å². The van der Waals surface area contributed by atoms with E-state index in [2.05, 4.69) is 24.4 Å². The summed E-state index contributed by atoms with van der Waals surface area (Å²) in [4.78, 5) is 0. The largest absolute Gasteiger partial charge is 0.381 e. The zero-order chi connectivity index (χ0) is 12.3. The molecule has 0 amide bonds. The van der Waals surface area contributed by atoms with Crippen LogP contribution in [0.15, 0.2) is 42.5 Å². The van der Waals surface area contributed by atoms with Crippen LogP contribution in [0.25, 0.3) is 0 Å². The first kappa shape index (κ1) is 11.6. The lowest BCUT2D eigenvalue weighted by Gasteiger charge is -2.11. The van der Waals surface area contributed by atoms with E-state index in [4.69, 9.17) is 0 Å². The van der Waals surface area contributed by atoms with Crippen molar-refractivity contribution in [3.8, 4) is 0 Å². The van der Waals surface area contributed by atoms with Gasteiger partial charge in [0.15, 0.2) is 0 Å². The molecule has 0 fully saturated rings. The zero-order valence-corrected chi connectivity index (χ0v) is 10.1. The van der Waals surface area contributed by atoms with Crippen molar-refractivity contribution in [1.29, 1.82) is 0 Å². The Bertz CT molecular complexity index is 520. The molecule has 17 heavy (non-hydrogen) atoms. The number of halogens is 1. The smallest absolute Gasteiger partial charge is 0.125 e. The van der Waals surface area contributed by atoms with Crippen molar-refractivity contribution in [3.63, 3.8) is 0 Å². The third-order valence-electron chi connectivity index (χ3n) is 2.93. The van der Waals surface area contributed by atoms with E-state index in [9.17, 15) is 4.39 Å². The predicted molar refractivity (Wildman–Crippen MR) is 69.6 cm³/mol. The van der Waals surface area contributed by atoms with Crippen LogP contribution in [0.5, 0.6) is 0 Å². The van der Waals surface area contributed by atoms with Gasteiger partial charge in [-0.1, -0.05) is 30.3 Å². The van der Waals surface area contributed by atoms with Crippen molar-refractivity contribution in [2.24, 2.45) is 0 Å². The molecule has 2 aromatic rings. The Balaban J connectivity index is 2.12. The van der Waals surface area contributed by atoms with Crippen LogP contribution in [0.1, 0.15) is 16.7 Å². The minimum absolute atomic E-state index is 0.206. The van der Waals surface area contributed by atoms with Crippen molar-refractivity contribution in [2.45, 2.75) is 20.4 Å². The SMILES string of the molecule is Cc1ccccc1CNc1cc(F)ccc1C. The zero-order valence-electron chi connectivity index (χ0n) is 10.1. The van der Waals surface area contributed by atoms with Gasteiger partial charge in [0.05, 0.1) is 0 Å². The molecular weight excluding hydrogens is 213 g/mol. The van der Waals surface area contributed by atoms with Crippen molar-refractivity contribution in [2.75, 3.05) is 5.32 Å². The van der Waals surface area contributed by atoms with E-state index in [0.717, 1.165) is 17.8 Å². The van der Waals surface area contributed by atoms with Crippen LogP contribution in [0.2, 0.25) is 0 Å². The van der Waals surface area contributed by atoms with Crippen LogP contribution >= 0.6 is 0 Å². The summed E-state index contributed by atoms with van der Waals surface area (Å²) >= 11 is 0. The Kier molecular flexibility index (Phi) is 3.43. The number of aryl methyl sites for hydroxylation is 2. The molecule has 1 N–H and O–H groups in total. The Hall–Kier alpha value is -1.83. The molecule has 1 nitrogen and oxygen atoms in total. The molecule has 0 heterocycles. The van der Waals surface area contributed by atoms with Gasteiger partial charge in [0.25, 0.3) is 0 Å². The second-order valence-corrected chi connectivity index (χ2v) is 4.24. The molecule has 0 unspecified atom stereocenters. The van der Waals surface area contributed by atoms with Crippen LogP contribution in [-0.2, 0) is 6.54 Å². The molecule has 0 aliphatic heterocycles. The molecule has 0 aromatic heterocycles. The Morgan fingerprint density at radius 3 is 2.53 bits per heavy atom. The summed E-state index contributed by atoms with van der Waals surface area (Å²) in [7, 11) is 0. The monoisotopic (exact) mass is 229 g/mol. The van der Waals surface area contributed by atoms with Crippen LogP contribution in [0.4, 0.5) is 10.1 Å². The molecule has 0 atom stereocenters. The van der Waals surface area contributed by atoms with Gasteiger partial charge in [0.1, 0.15) is 5.82 Å². The molecule has 2 aromatic carbocycles. The first-order valence-corrected chi connectivity index (χ1v) is 5.71. The lowest BCUT2D eigenvalue weighted by molar-refractivity contribution is 0.628. The third kappa shape index (κ3) is 2.84. The van der Waals surface area contributed by atoms with Crippen molar-refractivity contribution < 1.29 is 4.39 Å². The van der Waals surface area contributed by atoms with Crippen molar-refractivity contribution >= 4 is 5.69 Å². The number of hydrogen-bond acceptors (Lipinski definition) is 1. The number of hydrogen-bond donors (Lipinski definition) is 1. The first-order chi connectivity index (χ1) is 8.16. The molecule has 2 heteroatoms. The topological polar surface area (TPSA) is 12.0 Å². The van der Waals surface area contributed by atoms with Crippen LogP contribution in [0, 0.1) is 19.7 Å². The average molecular weight is 229 g/mol. The second kappa shape index (κ2) is 5.00. The molecule has 0 spiro atoms. The summed E-state index contributed by atoms with van der Waals surface area (Å²) in [5, 5.41) is 3.27. The number of benzene rings is 2. The van der Waals surface area contributed by atoms with Gasteiger partial charge in [-0.2, -0.15) is 0 Å². The Morgan fingerprint density at radius 1 is 1.00 bits per heavy atom. The number of rotatable bonds is 3. The molecule has 0 saturated carbocycles. The lowest BCUT2D eigenvalue weighted by Crippen LogP contribution is -2.02. The van der Waals surface area contributed by atoms with Crippen LogP contribution in [0.3, 0.4) is 0 Å². The summed E-state index contributed by atoms with van der Waals surface area (Å²) < 4.78 is 13.1. The standard InChI is InChI=1S/C15H16FN/c1-11-5-3-4-6-13(11)10-17-15-9-14(16)8-7-12(15)2/h3-9,17H,10H2,1-2H3. The fourth-order valence-electron chi connectivity index (χ4n) is 1.78.